The van der Waals surface area contributed by atoms with Crippen molar-refractivity contribution >= 4 is 5.97 Å². The summed E-state index contributed by atoms with van der Waals surface area (Å²) in [6.07, 6.45) is 6.79. The molecule has 0 saturated heterocycles. The van der Waals surface area contributed by atoms with Gasteiger partial charge in [-0.3, -0.25) is 0 Å². The van der Waals surface area contributed by atoms with Crippen molar-refractivity contribution in [2.75, 3.05) is 0 Å². The minimum Gasteiger partial charge on any atom is -0.550 e. The number of aliphatic hydroxyl groups is 3. The molecule has 0 fully saturated rings. The van der Waals surface area contributed by atoms with Crippen molar-refractivity contribution in [3.63, 3.8) is 0 Å². The van der Waals surface area contributed by atoms with Crippen molar-refractivity contribution < 1.29 is 25.2 Å². The summed E-state index contributed by atoms with van der Waals surface area (Å²) >= 11 is 0. The van der Waals surface area contributed by atoms with Gasteiger partial charge in [-0.25, -0.2) is 0 Å². The molecular formula is C18H27O5-. The highest BCUT2D eigenvalue weighted by Crippen LogP contribution is 2.42. The first-order valence-corrected chi connectivity index (χ1v) is 8.50. The predicted molar refractivity (Wildman–Crippen MR) is 84.1 cm³/mol. The molecule has 2 rings (SSSR count). The maximum absolute atomic E-state index is 10.4. The normalized spacial score (nSPS) is 32.8. The number of aliphatic hydroxyl groups excluding tert-OH is 3. The summed E-state index contributed by atoms with van der Waals surface area (Å²) in [4.78, 5) is 10.4. The van der Waals surface area contributed by atoms with Crippen LogP contribution in [0.5, 0.6) is 0 Å². The molecule has 2 aliphatic carbocycles. The molecule has 2 aliphatic rings. The number of hydrogen-bond acceptors (Lipinski definition) is 5. The fraction of sp³-hybridized carbons (Fsp3) is 0.722. The number of carboxylic acid groups (broad SMARTS) is 1. The van der Waals surface area contributed by atoms with E-state index in [9.17, 15) is 25.2 Å². The summed E-state index contributed by atoms with van der Waals surface area (Å²) in [5.74, 6) is -0.611. The summed E-state index contributed by atoms with van der Waals surface area (Å²) < 4.78 is 0. The van der Waals surface area contributed by atoms with Gasteiger partial charge >= 0.3 is 0 Å². The van der Waals surface area contributed by atoms with Gasteiger partial charge in [-0.15, -0.1) is 0 Å². The maximum atomic E-state index is 10.4. The molecule has 3 N–H and O–H groups in total. The quantitative estimate of drug-likeness (QED) is 0.635. The lowest BCUT2D eigenvalue weighted by Gasteiger charge is -2.40. The second kappa shape index (κ2) is 8.08. The Hall–Kier alpha value is -1.17. The third-order valence-corrected chi connectivity index (χ3v) is 5.15. The van der Waals surface area contributed by atoms with Crippen LogP contribution in [-0.4, -0.2) is 39.6 Å². The highest BCUT2D eigenvalue weighted by atomic mass is 16.4. The monoisotopic (exact) mass is 323 g/mol. The van der Waals surface area contributed by atoms with Gasteiger partial charge in [0.1, 0.15) is 0 Å². The van der Waals surface area contributed by atoms with E-state index < -0.39 is 24.6 Å². The number of aliphatic carboxylic acids is 1. The number of hydrogen-bond donors (Lipinski definition) is 3. The zero-order valence-corrected chi connectivity index (χ0v) is 13.6. The van der Waals surface area contributed by atoms with Crippen molar-refractivity contribution in [1.29, 1.82) is 0 Å². The first-order chi connectivity index (χ1) is 10.9. The van der Waals surface area contributed by atoms with E-state index in [2.05, 4.69) is 25.2 Å². The van der Waals surface area contributed by atoms with Crippen molar-refractivity contribution in [2.45, 2.75) is 63.8 Å². The molecule has 0 heterocycles. The fourth-order valence-electron chi connectivity index (χ4n) is 3.94. The van der Waals surface area contributed by atoms with Gasteiger partial charge in [-0.1, -0.05) is 25.2 Å². The Morgan fingerprint density at radius 3 is 2.83 bits per heavy atom. The van der Waals surface area contributed by atoms with Crippen LogP contribution in [0, 0.1) is 17.8 Å². The Balaban J connectivity index is 1.90. The van der Waals surface area contributed by atoms with E-state index in [1.807, 2.05) is 0 Å². The number of rotatable bonds is 7. The standard InChI is InChI=1S/C18H28O5/c1-11-5-6-12-3-2-4-16(21)18(12)15(11)8-7-13(19)9-14(20)10-17(22)23/h3,5-6,11,13-16,18-21H,2,4,7-10H2,1H3,(H,22,23)/p-1/t11-,13+,14+,15-,16-,18-/m0/s1. The molecule has 0 aromatic heterocycles. The molecule has 0 radical (unpaired) electrons. The lowest BCUT2D eigenvalue weighted by atomic mass is 9.66. The molecule has 0 amide bonds. The molecule has 0 spiro atoms. The molecule has 23 heavy (non-hydrogen) atoms. The van der Waals surface area contributed by atoms with Crippen LogP contribution in [0.2, 0.25) is 0 Å². The first-order valence-electron chi connectivity index (χ1n) is 8.50. The molecule has 0 unspecified atom stereocenters. The van der Waals surface area contributed by atoms with Crippen LogP contribution in [0.1, 0.15) is 45.4 Å². The third kappa shape index (κ3) is 4.90. The Morgan fingerprint density at radius 2 is 2.13 bits per heavy atom. The van der Waals surface area contributed by atoms with Crippen molar-refractivity contribution in [3.8, 4) is 0 Å². The summed E-state index contributed by atoms with van der Waals surface area (Å²) in [7, 11) is 0. The van der Waals surface area contributed by atoms with E-state index in [0.717, 1.165) is 19.3 Å². The largest absolute Gasteiger partial charge is 0.550 e. The number of carbonyl (C=O) groups excluding carboxylic acids is 1. The van der Waals surface area contributed by atoms with Crippen LogP contribution in [0.3, 0.4) is 0 Å². The summed E-state index contributed by atoms with van der Waals surface area (Å²) in [5.41, 5.74) is 1.19. The van der Waals surface area contributed by atoms with E-state index in [1.165, 1.54) is 5.57 Å². The van der Waals surface area contributed by atoms with Crippen LogP contribution < -0.4 is 5.11 Å². The summed E-state index contributed by atoms with van der Waals surface area (Å²) in [6, 6.07) is 0. The van der Waals surface area contributed by atoms with Gasteiger partial charge in [0.25, 0.3) is 0 Å². The Kier molecular flexibility index (Phi) is 6.39. The number of allylic oxidation sites excluding steroid dienone is 3. The van der Waals surface area contributed by atoms with Gasteiger partial charge in [-0.05, 0) is 49.5 Å². The lowest BCUT2D eigenvalue weighted by Crippen LogP contribution is -2.37. The van der Waals surface area contributed by atoms with E-state index >= 15 is 0 Å². The van der Waals surface area contributed by atoms with Gasteiger partial charge in [0.15, 0.2) is 0 Å². The van der Waals surface area contributed by atoms with Gasteiger partial charge in [0.05, 0.1) is 18.3 Å². The first kappa shape index (κ1) is 18.2. The Morgan fingerprint density at radius 1 is 1.39 bits per heavy atom. The van der Waals surface area contributed by atoms with Crippen LogP contribution in [0.15, 0.2) is 23.8 Å². The maximum Gasteiger partial charge on any atom is 0.0616 e. The molecule has 5 nitrogen and oxygen atoms in total. The van der Waals surface area contributed by atoms with Gasteiger partial charge in [-0.2, -0.15) is 0 Å². The molecule has 6 atom stereocenters. The minimum absolute atomic E-state index is 0.0425. The number of carboxylic acids is 1. The Labute approximate surface area is 137 Å². The highest BCUT2D eigenvalue weighted by molar-refractivity contribution is 5.64. The third-order valence-electron chi connectivity index (χ3n) is 5.15. The highest BCUT2D eigenvalue weighted by Gasteiger charge is 2.37. The molecule has 130 valence electrons. The summed E-state index contributed by atoms with van der Waals surface area (Å²) in [5, 5.41) is 40.4. The van der Waals surface area contributed by atoms with Gasteiger partial charge in [0.2, 0.25) is 0 Å². The van der Waals surface area contributed by atoms with E-state index in [-0.39, 0.29) is 24.4 Å². The number of carbonyl (C=O) groups is 1. The second-order valence-electron chi connectivity index (χ2n) is 6.95. The molecule has 0 bridgehead atoms. The fourth-order valence-corrected chi connectivity index (χ4v) is 3.94. The molecule has 0 aromatic rings. The molecular weight excluding hydrogens is 296 g/mol. The topological polar surface area (TPSA) is 101 Å². The molecule has 0 aromatic carbocycles. The SMILES string of the molecule is C[C@H]1C=CC2=CCC[C@H](O)[C@@H]2[C@H]1CC[C@@H](O)C[C@@H](O)CC(=O)[O-]. The summed E-state index contributed by atoms with van der Waals surface area (Å²) in [6.45, 7) is 2.12. The zero-order valence-electron chi connectivity index (χ0n) is 13.6. The van der Waals surface area contributed by atoms with Gasteiger partial charge < -0.3 is 25.2 Å². The molecule has 0 saturated carbocycles. The smallest absolute Gasteiger partial charge is 0.0616 e. The lowest BCUT2D eigenvalue weighted by molar-refractivity contribution is -0.307. The van der Waals surface area contributed by atoms with Crippen molar-refractivity contribution in [1.82, 2.24) is 0 Å². The van der Waals surface area contributed by atoms with Crippen molar-refractivity contribution in [2.24, 2.45) is 17.8 Å². The van der Waals surface area contributed by atoms with Crippen LogP contribution in [0.4, 0.5) is 0 Å². The van der Waals surface area contributed by atoms with E-state index in [1.54, 1.807) is 0 Å². The minimum atomic E-state index is -1.31. The van der Waals surface area contributed by atoms with Crippen LogP contribution in [-0.2, 0) is 4.79 Å². The zero-order chi connectivity index (χ0) is 17.0. The van der Waals surface area contributed by atoms with Gasteiger partial charge in [0, 0.05) is 18.3 Å². The number of fused-ring (bicyclic) bond motifs is 1. The molecule has 5 heteroatoms. The Bertz CT molecular complexity index is 470. The average Bonchev–Trinajstić information content (AvgIpc) is 2.45. The molecule has 0 aliphatic heterocycles. The van der Waals surface area contributed by atoms with E-state index in [4.69, 9.17) is 0 Å². The van der Waals surface area contributed by atoms with Crippen LogP contribution in [0.25, 0.3) is 0 Å². The van der Waals surface area contributed by atoms with Crippen LogP contribution >= 0.6 is 0 Å². The van der Waals surface area contributed by atoms with E-state index in [0.29, 0.717) is 12.3 Å². The van der Waals surface area contributed by atoms with Crippen molar-refractivity contribution in [3.05, 3.63) is 23.8 Å². The predicted octanol–water partition coefficient (Wildman–Crippen LogP) is 0.538. The average molecular weight is 323 g/mol. The second-order valence-corrected chi connectivity index (χ2v) is 6.95.